The van der Waals surface area contributed by atoms with Crippen LogP contribution in [0.25, 0.3) is 0 Å². The number of benzene rings is 1. The Morgan fingerprint density at radius 1 is 1.48 bits per heavy atom. The van der Waals surface area contributed by atoms with Gasteiger partial charge in [0.25, 0.3) is 0 Å². The summed E-state index contributed by atoms with van der Waals surface area (Å²) in [6, 6.07) is 7.07. The Morgan fingerprint density at radius 3 is 2.91 bits per heavy atom. The number of rotatable bonds is 9. The third kappa shape index (κ3) is 4.21. The number of fused-ring (bicyclic) bond motifs is 1. The van der Waals surface area contributed by atoms with E-state index in [-0.39, 0.29) is 23.6 Å². The standard InChI is InChI=1S/C21H26N6O4S2/c1-4-13(2)15-6-5-7-16(8-15)26(12-28)17-18(29)25-9-21(20(30)31,10-32-19(17)25)11-33-27-14(3)22-23-24-27/h5-8,12-13,17,19H,4,9-11H2,1-3H3,(H,30,31)/t13?,17?,19-,21?/m1/s1. The van der Waals surface area contributed by atoms with E-state index in [0.29, 0.717) is 29.6 Å². The molecule has 10 nitrogen and oxygen atoms in total. The molecule has 2 aliphatic rings. The Bertz CT molecular complexity index is 1060. The highest BCUT2D eigenvalue weighted by Crippen LogP contribution is 2.45. The molecule has 0 aliphatic carbocycles. The summed E-state index contributed by atoms with van der Waals surface area (Å²) in [7, 11) is 0. The van der Waals surface area contributed by atoms with Gasteiger partial charge < -0.3 is 10.0 Å². The number of β-lactam (4-membered cyclic amide) rings is 1. The van der Waals surface area contributed by atoms with Crippen LogP contribution in [0.15, 0.2) is 24.3 Å². The average molecular weight is 491 g/mol. The molecule has 4 atom stereocenters. The number of carbonyl (C=O) groups is 3. The van der Waals surface area contributed by atoms with Gasteiger partial charge in [0.1, 0.15) is 16.8 Å². The third-order valence-corrected chi connectivity index (χ3v) is 9.22. The van der Waals surface area contributed by atoms with Crippen molar-refractivity contribution in [3.05, 3.63) is 35.7 Å². The molecule has 2 saturated heterocycles. The number of nitrogens with zero attached hydrogens (tertiary/aromatic N) is 6. The molecule has 12 heteroatoms. The van der Waals surface area contributed by atoms with Gasteiger partial charge in [-0.25, -0.2) is 0 Å². The minimum atomic E-state index is -1.13. The molecule has 2 fully saturated rings. The molecule has 1 N–H and O–H groups in total. The van der Waals surface area contributed by atoms with Gasteiger partial charge >= 0.3 is 5.97 Å². The predicted molar refractivity (Wildman–Crippen MR) is 126 cm³/mol. The zero-order valence-electron chi connectivity index (χ0n) is 18.6. The first-order chi connectivity index (χ1) is 15.8. The van der Waals surface area contributed by atoms with Gasteiger partial charge in [-0.05, 0) is 59.3 Å². The number of aryl methyl sites for hydroxylation is 1. The van der Waals surface area contributed by atoms with Crippen LogP contribution in [0.1, 0.15) is 37.6 Å². The normalized spacial score (nSPS) is 25.2. The molecule has 3 unspecified atom stereocenters. The largest absolute Gasteiger partial charge is 0.481 e. The van der Waals surface area contributed by atoms with E-state index in [1.54, 1.807) is 11.8 Å². The third-order valence-electron chi connectivity index (χ3n) is 6.38. The summed E-state index contributed by atoms with van der Waals surface area (Å²) < 4.78 is 1.49. The number of tetrazole rings is 1. The maximum absolute atomic E-state index is 13.1. The van der Waals surface area contributed by atoms with Crippen molar-refractivity contribution in [3.8, 4) is 0 Å². The maximum atomic E-state index is 13.1. The summed E-state index contributed by atoms with van der Waals surface area (Å²) in [5, 5.41) is 21.0. The molecule has 2 aromatic rings. The van der Waals surface area contributed by atoms with E-state index in [4.69, 9.17) is 0 Å². The van der Waals surface area contributed by atoms with E-state index in [2.05, 4.69) is 29.4 Å². The molecule has 176 valence electrons. The van der Waals surface area contributed by atoms with Gasteiger partial charge in [-0.15, -0.1) is 16.9 Å². The minimum Gasteiger partial charge on any atom is -0.481 e. The van der Waals surface area contributed by atoms with Gasteiger partial charge in [-0.1, -0.05) is 26.0 Å². The van der Waals surface area contributed by atoms with E-state index in [9.17, 15) is 19.5 Å². The van der Waals surface area contributed by atoms with Gasteiger partial charge in [-0.3, -0.25) is 19.3 Å². The summed E-state index contributed by atoms with van der Waals surface area (Å²) in [4.78, 5) is 40.4. The number of anilines is 1. The van der Waals surface area contributed by atoms with E-state index in [1.807, 2.05) is 24.3 Å². The highest BCUT2D eigenvalue weighted by atomic mass is 32.2. The highest BCUT2D eigenvalue weighted by molar-refractivity contribution is 8.00. The lowest BCUT2D eigenvalue weighted by atomic mass is 9.89. The lowest BCUT2D eigenvalue weighted by Gasteiger charge is -2.55. The van der Waals surface area contributed by atoms with Crippen molar-refractivity contribution in [3.63, 3.8) is 0 Å². The lowest BCUT2D eigenvalue weighted by Crippen LogP contribution is -2.74. The number of aliphatic carboxylic acids is 1. The van der Waals surface area contributed by atoms with Crippen LogP contribution in [0.4, 0.5) is 5.69 Å². The van der Waals surface area contributed by atoms with Gasteiger partial charge in [0, 0.05) is 23.7 Å². The molecule has 0 spiro atoms. The van der Waals surface area contributed by atoms with Crippen LogP contribution in [0.5, 0.6) is 0 Å². The summed E-state index contributed by atoms with van der Waals surface area (Å²) in [5.74, 6) is 0.258. The molecule has 2 amide bonds. The van der Waals surface area contributed by atoms with Gasteiger partial charge in [-0.2, -0.15) is 4.09 Å². The van der Waals surface area contributed by atoms with E-state index in [0.717, 1.165) is 12.0 Å². The van der Waals surface area contributed by atoms with Gasteiger partial charge in [0.2, 0.25) is 12.3 Å². The van der Waals surface area contributed by atoms with Crippen molar-refractivity contribution in [2.24, 2.45) is 5.41 Å². The van der Waals surface area contributed by atoms with Gasteiger partial charge in [0.15, 0.2) is 5.82 Å². The number of hydrogen-bond donors (Lipinski definition) is 1. The molecule has 2 aliphatic heterocycles. The first-order valence-corrected chi connectivity index (χ1v) is 12.7. The van der Waals surface area contributed by atoms with Crippen molar-refractivity contribution in [1.29, 1.82) is 0 Å². The smallest absolute Gasteiger partial charge is 0.313 e. The fraction of sp³-hybridized carbons (Fsp3) is 0.524. The van der Waals surface area contributed by atoms with Gasteiger partial charge in [0.05, 0.1) is 0 Å². The van der Waals surface area contributed by atoms with Crippen LogP contribution in [0.2, 0.25) is 0 Å². The van der Waals surface area contributed by atoms with Crippen molar-refractivity contribution in [2.75, 3.05) is 23.0 Å². The van der Waals surface area contributed by atoms with E-state index >= 15 is 0 Å². The average Bonchev–Trinajstić information content (AvgIpc) is 3.24. The van der Waals surface area contributed by atoms with Crippen LogP contribution in [-0.2, 0) is 14.4 Å². The Labute approximate surface area is 200 Å². The fourth-order valence-electron chi connectivity index (χ4n) is 4.05. The Hall–Kier alpha value is -2.60. The molecule has 1 aromatic heterocycles. The zero-order chi connectivity index (χ0) is 23.8. The Morgan fingerprint density at radius 2 is 2.27 bits per heavy atom. The first-order valence-electron chi connectivity index (χ1n) is 10.7. The Kier molecular flexibility index (Phi) is 6.66. The highest BCUT2D eigenvalue weighted by Gasteiger charge is 2.59. The molecule has 1 aromatic carbocycles. The van der Waals surface area contributed by atoms with Crippen LogP contribution >= 0.6 is 23.7 Å². The summed E-state index contributed by atoms with van der Waals surface area (Å²) >= 11 is 2.62. The molecule has 3 heterocycles. The number of aromatic nitrogens is 4. The monoisotopic (exact) mass is 490 g/mol. The van der Waals surface area contributed by atoms with Crippen molar-refractivity contribution in [1.82, 2.24) is 24.5 Å². The fourth-order valence-corrected chi connectivity index (χ4v) is 6.77. The molecule has 33 heavy (non-hydrogen) atoms. The molecular weight excluding hydrogens is 464 g/mol. The van der Waals surface area contributed by atoms with Crippen molar-refractivity contribution < 1.29 is 19.5 Å². The maximum Gasteiger partial charge on any atom is 0.313 e. The second-order valence-electron chi connectivity index (χ2n) is 8.49. The second-order valence-corrected chi connectivity index (χ2v) is 10.5. The molecule has 0 radical (unpaired) electrons. The summed E-state index contributed by atoms with van der Waals surface area (Å²) in [6.07, 6.45) is 1.67. The van der Waals surface area contributed by atoms with Crippen molar-refractivity contribution in [2.45, 2.75) is 44.5 Å². The molecule has 0 saturated carbocycles. The zero-order valence-corrected chi connectivity index (χ0v) is 20.3. The van der Waals surface area contributed by atoms with Crippen LogP contribution in [0.3, 0.4) is 0 Å². The molecule has 0 bridgehead atoms. The van der Waals surface area contributed by atoms with Crippen LogP contribution in [0, 0.1) is 12.3 Å². The second kappa shape index (κ2) is 9.34. The SMILES string of the molecule is CCC(C)c1cccc(N(C=O)C2C(=O)N3CC(CSn4nnnc4C)(C(=O)O)CS[C@H]23)c1. The van der Waals surface area contributed by atoms with Crippen LogP contribution < -0.4 is 4.90 Å². The number of carboxylic acids is 1. The minimum absolute atomic E-state index is 0.0864. The number of amides is 2. The first kappa shape index (κ1) is 23.6. The number of carboxylic acid groups (broad SMARTS) is 1. The number of thioether (sulfide) groups is 1. The number of hydrogen-bond acceptors (Lipinski definition) is 8. The molecule has 4 rings (SSSR count). The van der Waals surface area contributed by atoms with Crippen molar-refractivity contribution >= 4 is 47.7 Å². The summed E-state index contributed by atoms with van der Waals surface area (Å²) in [6.45, 7) is 6.05. The number of carbonyl (C=O) groups excluding carboxylic acids is 2. The topological polar surface area (TPSA) is 122 Å². The Balaban J connectivity index is 1.50. The predicted octanol–water partition coefficient (Wildman–Crippen LogP) is 2.01. The summed E-state index contributed by atoms with van der Waals surface area (Å²) in [5.41, 5.74) is 0.663. The lowest BCUT2D eigenvalue weighted by molar-refractivity contribution is -0.155. The quantitative estimate of drug-likeness (QED) is 0.415. The van der Waals surface area contributed by atoms with E-state index < -0.39 is 17.4 Å². The molecular formula is C21H26N6O4S2. The van der Waals surface area contributed by atoms with Crippen LogP contribution in [-0.4, -0.2) is 77.4 Å². The van der Waals surface area contributed by atoms with E-state index in [1.165, 1.54) is 32.7 Å².